The van der Waals surface area contributed by atoms with Gasteiger partial charge in [-0.25, -0.2) is 4.98 Å². The van der Waals surface area contributed by atoms with Gasteiger partial charge in [0.05, 0.1) is 16.7 Å². The number of fused-ring (bicyclic) bond motifs is 1. The van der Waals surface area contributed by atoms with Crippen molar-refractivity contribution in [1.82, 2.24) is 9.55 Å². The van der Waals surface area contributed by atoms with Crippen LogP contribution in [0.3, 0.4) is 0 Å². The maximum atomic E-state index is 4.82. The molecule has 0 atom stereocenters. The minimum atomic E-state index is 0.838. The lowest BCUT2D eigenvalue weighted by molar-refractivity contribution is 0.213. The third kappa shape index (κ3) is 2.52. The molecule has 0 N–H and O–H groups in total. The highest BCUT2D eigenvalue weighted by atomic mass is 16.6. The van der Waals surface area contributed by atoms with Crippen LogP contribution in [0.1, 0.15) is 18.1 Å². The molecule has 0 amide bonds. The summed E-state index contributed by atoms with van der Waals surface area (Å²) >= 11 is 0. The van der Waals surface area contributed by atoms with Crippen LogP contribution in [0.15, 0.2) is 53.9 Å². The van der Waals surface area contributed by atoms with Gasteiger partial charge in [-0.1, -0.05) is 23.4 Å². The molecule has 0 bridgehead atoms. The summed E-state index contributed by atoms with van der Waals surface area (Å²) in [6.07, 6.45) is 1.85. The first-order chi connectivity index (χ1) is 10.2. The van der Waals surface area contributed by atoms with Crippen molar-refractivity contribution in [2.24, 2.45) is 5.16 Å². The summed E-state index contributed by atoms with van der Waals surface area (Å²) in [4.78, 5) is 9.32. The van der Waals surface area contributed by atoms with Gasteiger partial charge in [-0.15, -0.1) is 0 Å². The SMILES string of the molecule is CO/N=C(\C)c1ccc2c(c1)ncn2-c1cccc(C)c1. The molecule has 0 fully saturated rings. The predicted molar refractivity (Wildman–Crippen MR) is 85.0 cm³/mol. The second kappa shape index (κ2) is 5.40. The molecule has 1 heterocycles. The van der Waals surface area contributed by atoms with Crippen molar-refractivity contribution >= 4 is 16.7 Å². The number of aryl methyl sites for hydroxylation is 1. The van der Waals surface area contributed by atoms with E-state index in [4.69, 9.17) is 4.84 Å². The Labute approximate surface area is 123 Å². The molecule has 106 valence electrons. The summed E-state index contributed by atoms with van der Waals surface area (Å²) in [6.45, 7) is 4.01. The van der Waals surface area contributed by atoms with Crippen molar-refractivity contribution in [3.05, 3.63) is 59.9 Å². The van der Waals surface area contributed by atoms with Crippen molar-refractivity contribution in [3.8, 4) is 5.69 Å². The second-order valence-corrected chi connectivity index (χ2v) is 5.02. The van der Waals surface area contributed by atoms with Gasteiger partial charge in [-0.3, -0.25) is 4.57 Å². The molecule has 4 nitrogen and oxygen atoms in total. The Bertz CT molecular complexity index is 818. The Morgan fingerprint density at radius 1 is 1.19 bits per heavy atom. The number of nitrogens with zero attached hydrogens (tertiary/aromatic N) is 3. The number of hydrogen-bond acceptors (Lipinski definition) is 3. The fraction of sp³-hybridized carbons (Fsp3) is 0.176. The Hall–Kier alpha value is -2.62. The first-order valence-electron chi connectivity index (χ1n) is 6.81. The van der Waals surface area contributed by atoms with Gasteiger partial charge < -0.3 is 4.84 Å². The first-order valence-corrected chi connectivity index (χ1v) is 6.81. The topological polar surface area (TPSA) is 39.4 Å². The number of aromatic nitrogens is 2. The van der Waals surface area contributed by atoms with Crippen molar-refractivity contribution in [2.75, 3.05) is 7.11 Å². The Morgan fingerprint density at radius 3 is 2.81 bits per heavy atom. The Morgan fingerprint density at radius 2 is 2.05 bits per heavy atom. The molecular weight excluding hydrogens is 262 g/mol. The fourth-order valence-electron chi connectivity index (χ4n) is 2.41. The summed E-state index contributed by atoms with van der Waals surface area (Å²) in [5.74, 6) is 0. The van der Waals surface area contributed by atoms with E-state index in [0.29, 0.717) is 0 Å². The van der Waals surface area contributed by atoms with Crippen LogP contribution in [0.5, 0.6) is 0 Å². The molecule has 0 aliphatic heterocycles. The Kier molecular flexibility index (Phi) is 3.44. The molecule has 4 heteroatoms. The molecular formula is C17H17N3O. The molecule has 3 aromatic rings. The van der Waals surface area contributed by atoms with Gasteiger partial charge in [0.2, 0.25) is 0 Å². The van der Waals surface area contributed by atoms with Crippen LogP contribution in [0.25, 0.3) is 16.7 Å². The summed E-state index contributed by atoms with van der Waals surface area (Å²) in [5.41, 5.74) is 6.22. The quantitative estimate of drug-likeness (QED) is 0.541. The van der Waals surface area contributed by atoms with Crippen molar-refractivity contribution in [1.29, 1.82) is 0 Å². The van der Waals surface area contributed by atoms with Crippen molar-refractivity contribution in [2.45, 2.75) is 13.8 Å². The number of oxime groups is 1. The van der Waals surface area contributed by atoms with Crippen LogP contribution in [0.2, 0.25) is 0 Å². The molecule has 1 aromatic heterocycles. The molecule has 21 heavy (non-hydrogen) atoms. The monoisotopic (exact) mass is 279 g/mol. The fourth-order valence-corrected chi connectivity index (χ4v) is 2.41. The van der Waals surface area contributed by atoms with E-state index in [-0.39, 0.29) is 0 Å². The molecule has 0 aliphatic rings. The molecule has 0 saturated carbocycles. The van der Waals surface area contributed by atoms with Crippen LogP contribution in [-0.2, 0) is 4.84 Å². The maximum Gasteiger partial charge on any atom is 0.106 e. The number of hydrogen-bond donors (Lipinski definition) is 0. The van der Waals surface area contributed by atoms with E-state index in [1.165, 1.54) is 5.56 Å². The maximum absolute atomic E-state index is 4.82. The van der Waals surface area contributed by atoms with Gasteiger partial charge in [0.25, 0.3) is 0 Å². The lowest BCUT2D eigenvalue weighted by Crippen LogP contribution is -1.96. The minimum absolute atomic E-state index is 0.838. The lowest BCUT2D eigenvalue weighted by atomic mass is 10.1. The Balaban J connectivity index is 2.10. The van der Waals surface area contributed by atoms with Crippen LogP contribution in [0.4, 0.5) is 0 Å². The summed E-state index contributed by atoms with van der Waals surface area (Å²) < 4.78 is 2.09. The predicted octanol–water partition coefficient (Wildman–Crippen LogP) is 3.70. The van der Waals surface area contributed by atoms with E-state index >= 15 is 0 Å². The molecule has 0 aliphatic carbocycles. The number of imidazole rings is 1. The highest BCUT2D eigenvalue weighted by Crippen LogP contribution is 2.20. The van der Waals surface area contributed by atoms with Gasteiger partial charge >= 0.3 is 0 Å². The molecule has 0 saturated heterocycles. The van der Waals surface area contributed by atoms with Gasteiger partial charge in [-0.2, -0.15) is 0 Å². The van der Waals surface area contributed by atoms with Gasteiger partial charge in [0.1, 0.15) is 13.4 Å². The molecule has 0 unspecified atom stereocenters. The van der Waals surface area contributed by atoms with E-state index in [9.17, 15) is 0 Å². The summed E-state index contributed by atoms with van der Waals surface area (Å²) in [6, 6.07) is 14.5. The van der Waals surface area contributed by atoms with Crippen LogP contribution >= 0.6 is 0 Å². The minimum Gasteiger partial charge on any atom is -0.399 e. The smallest absolute Gasteiger partial charge is 0.106 e. The summed E-state index contributed by atoms with van der Waals surface area (Å²) in [7, 11) is 1.55. The average Bonchev–Trinajstić information content (AvgIpc) is 2.90. The average molecular weight is 279 g/mol. The zero-order chi connectivity index (χ0) is 14.8. The van der Waals surface area contributed by atoms with Gasteiger partial charge in [-0.05, 0) is 43.7 Å². The highest BCUT2D eigenvalue weighted by molar-refractivity contribution is 6.00. The van der Waals surface area contributed by atoms with Crippen LogP contribution < -0.4 is 0 Å². The molecule has 0 radical (unpaired) electrons. The van der Waals surface area contributed by atoms with E-state index in [1.54, 1.807) is 7.11 Å². The molecule has 3 rings (SSSR count). The van der Waals surface area contributed by atoms with Gasteiger partial charge in [0.15, 0.2) is 0 Å². The largest absolute Gasteiger partial charge is 0.399 e. The van der Waals surface area contributed by atoms with E-state index < -0.39 is 0 Å². The standard InChI is InChI=1S/C17H17N3O/c1-12-5-4-6-15(9-12)20-11-18-16-10-14(7-8-17(16)20)13(2)19-21-3/h4-11H,1-3H3/b19-13+. The highest BCUT2D eigenvalue weighted by Gasteiger charge is 2.07. The molecule has 2 aromatic carbocycles. The molecule has 0 spiro atoms. The third-order valence-electron chi connectivity index (χ3n) is 3.47. The zero-order valence-corrected chi connectivity index (χ0v) is 12.4. The van der Waals surface area contributed by atoms with Crippen molar-refractivity contribution < 1.29 is 4.84 Å². The van der Waals surface area contributed by atoms with E-state index in [2.05, 4.69) is 52.0 Å². The second-order valence-electron chi connectivity index (χ2n) is 5.02. The van der Waals surface area contributed by atoms with Crippen molar-refractivity contribution in [3.63, 3.8) is 0 Å². The third-order valence-corrected chi connectivity index (χ3v) is 3.47. The van der Waals surface area contributed by atoms with Crippen LogP contribution in [0, 0.1) is 6.92 Å². The number of rotatable bonds is 3. The van der Waals surface area contributed by atoms with Crippen LogP contribution in [-0.4, -0.2) is 22.4 Å². The lowest BCUT2D eigenvalue weighted by Gasteiger charge is -2.06. The number of benzene rings is 2. The zero-order valence-electron chi connectivity index (χ0n) is 12.4. The first kappa shape index (κ1) is 13.4. The summed E-state index contributed by atoms with van der Waals surface area (Å²) in [5, 5.41) is 3.96. The van der Waals surface area contributed by atoms with E-state index in [0.717, 1.165) is 28.0 Å². The normalized spacial score (nSPS) is 11.9. The van der Waals surface area contributed by atoms with E-state index in [1.807, 2.05) is 25.4 Å². The van der Waals surface area contributed by atoms with Gasteiger partial charge in [0, 0.05) is 11.3 Å².